The van der Waals surface area contributed by atoms with Crippen molar-refractivity contribution in [3.63, 3.8) is 0 Å². The highest BCUT2D eigenvalue weighted by molar-refractivity contribution is 7.10. The van der Waals surface area contributed by atoms with E-state index in [2.05, 4.69) is 28.6 Å². The Morgan fingerprint density at radius 1 is 1.27 bits per heavy atom. The zero-order valence-corrected chi connectivity index (χ0v) is 18.3. The molecule has 6 heteroatoms. The van der Waals surface area contributed by atoms with Gasteiger partial charge in [-0.2, -0.15) is 0 Å². The molecular weight excluding hydrogens is 396 g/mol. The molecule has 1 saturated heterocycles. The average Bonchev–Trinajstić information content (AvgIpc) is 3.33. The fourth-order valence-corrected chi connectivity index (χ4v) is 6.28. The summed E-state index contributed by atoms with van der Waals surface area (Å²) in [5.41, 5.74) is 3.14. The molecule has 1 aliphatic carbocycles. The van der Waals surface area contributed by atoms with Crippen LogP contribution in [-0.2, 0) is 13.0 Å². The first-order valence-corrected chi connectivity index (χ1v) is 11.9. The second-order valence-corrected chi connectivity index (χ2v) is 10.1. The number of benzene rings is 1. The summed E-state index contributed by atoms with van der Waals surface area (Å²) in [7, 11) is 0. The number of hydrogen-bond acceptors (Lipinski definition) is 5. The smallest absolute Gasteiger partial charge is 0.251 e. The summed E-state index contributed by atoms with van der Waals surface area (Å²) in [5, 5.41) is 16.0. The summed E-state index contributed by atoms with van der Waals surface area (Å²) in [4.78, 5) is 16.8. The van der Waals surface area contributed by atoms with Crippen LogP contribution in [0.4, 0.5) is 0 Å². The summed E-state index contributed by atoms with van der Waals surface area (Å²) >= 11 is 1.83. The number of carbonyl (C=O) groups excluding carboxylic acids is 1. The van der Waals surface area contributed by atoms with Gasteiger partial charge in [-0.05, 0) is 85.2 Å². The zero-order chi connectivity index (χ0) is 20.7. The normalized spacial score (nSPS) is 28.5. The van der Waals surface area contributed by atoms with Crippen molar-refractivity contribution in [2.75, 3.05) is 19.7 Å². The lowest BCUT2D eigenvalue weighted by Gasteiger charge is -2.35. The third kappa shape index (κ3) is 4.01. The van der Waals surface area contributed by atoms with E-state index in [0.29, 0.717) is 17.4 Å². The summed E-state index contributed by atoms with van der Waals surface area (Å²) in [6, 6.07) is 7.69. The Bertz CT molecular complexity index is 927. The van der Waals surface area contributed by atoms with Gasteiger partial charge in [0.15, 0.2) is 0 Å². The molecule has 1 aromatic carbocycles. The minimum absolute atomic E-state index is 0.0880. The molecule has 0 spiro atoms. The van der Waals surface area contributed by atoms with E-state index in [1.165, 1.54) is 10.4 Å². The van der Waals surface area contributed by atoms with Crippen molar-refractivity contribution in [2.24, 2.45) is 11.8 Å². The molecule has 2 aromatic rings. The second kappa shape index (κ2) is 8.33. The van der Waals surface area contributed by atoms with Crippen molar-refractivity contribution >= 4 is 17.2 Å². The molecule has 1 saturated carbocycles. The van der Waals surface area contributed by atoms with Gasteiger partial charge in [0.2, 0.25) is 0 Å². The van der Waals surface area contributed by atoms with E-state index in [1.54, 1.807) is 0 Å². The van der Waals surface area contributed by atoms with Crippen LogP contribution in [0, 0.1) is 18.8 Å². The lowest BCUT2D eigenvalue weighted by atomic mass is 9.77. The fraction of sp³-hybridized carbons (Fsp3) is 0.542. The number of aliphatic hydroxyl groups excluding tert-OH is 1. The molecule has 5 nitrogen and oxygen atoms in total. The summed E-state index contributed by atoms with van der Waals surface area (Å²) < 4.78 is 5.65. The van der Waals surface area contributed by atoms with Crippen LogP contribution < -0.4 is 10.1 Å². The highest BCUT2D eigenvalue weighted by Crippen LogP contribution is 2.38. The lowest BCUT2D eigenvalue weighted by molar-refractivity contribution is 0.0461. The van der Waals surface area contributed by atoms with Crippen molar-refractivity contribution in [2.45, 2.75) is 51.3 Å². The van der Waals surface area contributed by atoms with Crippen LogP contribution in [0.3, 0.4) is 0 Å². The molecule has 30 heavy (non-hydrogen) atoms. The Kier molecular flexibility index (Phi) is 5.56. The molecule has 0 bridgehead atoms. The lowest BCUT2D eigenvalue weighted by Crippen LogP contribution is -2.49. The van der Waals surface area contributed by atoms with Gasteiger partial charge in [0.25, 0.3) is 5.91 Å². The molecule has 5 rings (SSSR count). The Hall–Kier alpha value is -1.89. The van der Waals surface area contributed by atoms with Crippen molar-refractivity contribution in [1.82, 2.24) is 10.2 Å². The average molecular weight is 427 g/mol. The topological polar surface area (TPSA) is 61.8 Å². The Morgan fingerprint density at radius 3 is 2.90 bits per heavy atom. The van der Waals surface area contributed by atoms with Crippen LogP contribution in [-0.4, -0.2) is 47.8 Å². The number of amides is 1. The minimum atomic E-state index is -0.473. The number of hydrogen-bond donors (Lipinski definition) is 2. The highest BCUT2D eigenvalue weighted by atomic mass is 32.1. The molecule has 0 radical (unpaired) electrons. The maximum absolute atomic E-state index is 12.9. The second-order valence-electron chi connectivity index (χ2n) is 9.13. The van der Waals surface area contributed by atoms with Crippen molar-refractivity contribution < 1.29 is 14.6 Å². The third-order valence-corrected chi connectivity index (χ3v) is 8.05. The maximum atomic E-state index is 12.9. The first-order valence-electron chi connectivity index (χ1n) is 11.1. The van der Waals surface area contributed by atoms with E-state index in [0.717, 1.165) is 63.2 Å². The number of rotatable bonds is 4. The molecule has 2 aliphatic heterocycles. The minimum Gasteiger partial charge on any atom is -0.493 e. The van der Waals surface area contributed by atoms with Crippen molar-refractivity contribution in [3.8, 4) is 5.75 Å². The van der Waals surface area contributed by atoms with Crippen LogP contribution in [0.15, 0.2) is 29.6 Å². The van der Waals surface area contributed by atoms with Gasteiger partial charge in [0.05, 0.1) is 18.8 Å². The van der Waals surface area contributed by atoms with Crippen LogP contribution in [0.1, 0.15) is 45.6 Å². The van der Waals surface area contributed by atoms with E-state index in [-0.39, 0.29) is 11.9 Å². The largest absolute Gasteiger partial charge is 0.493 e. The van der Waals surface area contributed by atoms with E-state index >= 15 is 0 Å². The summed E-state index contributed by atoms with van der Waals surface area (Å²) in [5.74, 6) is 1.87. The van der Waals surface area contributed by atoms with E-state index in [9.17, 15) is 9.90 Å². The fourth-order valence-electron chi connectivity index (χ4n) is 5.33. The van der Waals surface area contributed by atoms with Crippen LogP contribution in [0.5, 0.6) is 5.75 Å². The number of nitrogens with zero attached hydrogens (tertiary/aromatic N) is 1. The zero-order valence-electron chi connectivity index (χ0n) is 17.5. The predicted octanol–water partition coefficient (Wildman–Crippen LogP) is 3.38. The summed E-state index contributed by atoms with van der Waals surface area (Å²) in [6.07, 6.45) is 3.09. The Labute approximate surface area is 182 Å². The van der Waals surface area contributed by atoms with E-state index in [4.69, 9.17) is 4.74 Å². The number of likely N-dealkylation sites (tertiary alicyclic amines) is 1. The molecule has 4 atom stereocenters. The molecule has 2 fully saturated rings. The van der Waals surface area contributed by atoms with E-state index < -0.39 is 6.10 Å². The van der Waals surface area contributed by atoms with Crippen LogP contribution in [0.25, 0.3) is 0 Å². The monoisotopic (exact) mass is 426 g/mol. The molecule has 2 N–H and O–H groups in total. The van der Waals surface area contributed by atoms with Crippen LogP contribution >= 0.6 is 11.3 Å². The Balaban J connectivity index is 1.21. The molecule has 1 amide bonds. The van der Waals surface area contributed by atoms with Crippen LogP contribution in [0.2, 0.25) is 0 Å². The van der Waals surface area contributed by atoms with Gasteiger partial charge in [-0.15, -0.1) is 11.3 Å². The first kappa shape index (κ1) is 20.0. The molecule has 1 aromatic heterocycles. The molecule has 160 valence electrons. The van der Waals surface area contributed by atoms with E-state index in [1.807, 2.05) is 29.5 Å². The quantitative estimate of drug-likeness (QED) is 0.787. The molecular formula is C24H30N2O3S. The number of ether oxygens (including phenoxy) is 1. The van der Waals surface area contributed by atoms with Gasteiger partial charge < -0.3 is 15.2 Å². The summed E-state index contributed by atoms with van der Waals surface area (Å²) in [6.45, 7) is 6.03. The first-order chi connectivity index (χ1) is 14.6. The molecule has 0 unspecified atom stereocenters. The van der Waals surface area contributed by atoms with Gasteiger partial charge in [-0.3, -0.25) is 9.69 Å². The van der Waals surface area contributed by atoms with Gasteiger partial charge >= 0.3 is 0 Å². The van der Waals surface area contributed by atoms with Gasteiger partial charge in [0, 0.05) is 30.1 Å². The number of nitrogens with one attached hydrogen (secondary N) is 1. The maximum Gasteiger partial charge on any atom is 0.251 e. The van der Waals surface area contributed by atoms with Gasteiger partial charge in [0.1, 0.15) is 5.75 Å². The predicted molar refractivity (Wildman–Crippen MR) is 118 cm³/mol. The Morgan fingerprint density at radius 2 is 2.10 bits per heavy atom. The van der Waals surface area contributed by atoms with Gasteiger partial charge in [-0.25, -0.2) is 0 Å². The molecule has 3 heterocycles. The number of carbonyl (C=O) groups is 1. The van der Waals surface area contributed by atoms with Crippen molar-refractivity contribution in [1.29, 1.82) is 0 Å². The standard InChI is InChI=1S/C24H30N2O3S/c1-15-6-8-30-23(15)14-26-12-18-10-20(21(27)11-19(18)13-26)25-24(28)17-4-5-22-16(9-17)3-2-7-29-22/h4-6,8-9,18-21,27H,2-3,7,10-14H2,1H3,(H,25,28)/t18-,19+,20-,21-/m0/s1. The van der Waals surface area contributed by atoms with Crippen molar-refractivity contribution in [3.05, 3.63) is 51.2 Å². The number of thiophene rings is 1. The van der Waals surface area contributed by atoms with Gasteiger partial charge in [-0.1, -0.05) is 0 Å². The SMILES string of the molecule is Cc1ccsc1CN1C[C@H]2C[C@H](O)[C@@H](NC(=O)c3ccc4c(c3)CCCO4)C[C@H]2C1. The highest BCUT2D eigenvalue weighted by Gasteiger charge is 2.42. The number of aliphatic hydroxyl groups is 1. The third-order valence-electron chi connectivity index (χ3n) is 7.04. The number of aryl methyl sites for hydroxylation is 2. The molecule has 3 aliphatic rings. The number of fused-ring (bicyclic) bond motifs is 2.